The Morgan fingerprint density at radius 2 is 0.765 bits per heavy atom. The van der Waals surface area contributed by atoms with Crippen LogP contribution in [0.5, 0.6) is 0 Å². The van der Waals surface area contributed by atoms with E-state index >= 15 is 0 Å². The molecule has 0 amide bonds. The molecule has 2 aliphatic carbocycles. The minimum Gasteiger partial charge on any atom is -0.140 e. The molecule has 8 aromatic rings. The summed E-state index contributed by atoms with van der Waals surface area (Å²) in [6, 6.07) is 47.5. The molecular formula is C48H38S3. The van der Waals surface area contributed by atoms with E-state index in [9.17, 15) is 0 Å². The number of fused-ring (bicyclic) bond motifs is 9. The van der Waals surface area contributed by atoms with Gasteiger partial charge in [0.25, 0.3) is 0 Å². The first-order valence-corrected chi connectivity index (χ1v) is 20.3. The third-order valence-corrected chi connectivity index (χ3v) is 15.0. The van der Waals surface area contributed by atoms with Crippen LogP contribution in [0.3, 0.4) is 0 Å². The van der Waals surface area contributed by atoms with E-state index in [1.807, 2.05) is 34.0 Å². The molecule has 0 fully saturated rings. The highest BCUT2D eigenvalue weighted by molar-refractivity contribution is 7.27. The van der Waals surface area contributed by atoms with Gasteiger partial charge in [0.1, 0.15) is 0 Å². The van der Waals surface area contributed by atoms with Crippen LogP contribution in [0.15, 0.2) is 121 Å². The summed E-state index contributed by atoms with van der Waals surface area (Å²) < 4.78 is 1.42. The monoisotopic (exact) mass is 710 g/mol. The molecule has 3 aromatic heterocycles. The van der Waals surface area contributed by atoms with Gasteiger partial charge in [-0.1, -0.05) is 131 Å². The van der Waals surface area contributed by atoms with Crippen molar-refractivity contribution in [2.75, 3.05) is 0 Å². The third-order valence-electron chi connectivity index (χ3n) is 11.5. The second-order valence-corrected chi connectivity index (χ2v) is 18.4. The van der Waals surface area contributed by atoms with Gasteiger partial charge in [0.15, 0.2) is 0 Å². The van der Waals surface area contributed by atoms with E-state index in [0.717, 1.165) is 0 Å². The summed E-state index contributed by atoms with van der Waals surface area (Å²) >= 11 is 5.95. The van der Waals surface area contributed by atoms with Crippen LogP contribution in [-0.4, -0.2) is 0 Å². The average molecular weight is 711 g/mol. The zero-order chi connectivity index (χ0) is 34.8. The second-order valence-electron chi connectivity index (χ2n) is 14.8. The van der Waals surface area contributed by atoms with Crippen LogP contribution in [0.25, 0.3) is 30.3 Å². The molecule has 0 nitrogen and oxygen atoms in total. The van der Waals surface area contributed by atoms with Gasteiger partial charge >= 0.3 is 0 Å². The molecule has 0 atom stereocenters. The Bertz CT molecular complexity index is 2570. The van der Waals surface area contributed by atoms with Crippen LogP contribution in [0.2, 0.25) is 0 Å². The zero-order valence-corrected chi connectivity index (χ0v) is 32.2. The molecule has 3 heteroatoms. The lowest BCUT2D eigenvalue weighted by Crippen LogP contribution is -2.29. The van der Waals surface area contributed by atoms with Crippen molar-refractivity contribution in [2.45, 2.75) is 52.4 Å². The van der Waals surface area contributed by atoms with Gasteiger partial charge in [-0.05, 0) is 109 Å². The van der Waals surface area contributed by atoms with Crippen molar-refractivity contribution in [2.24, 2.45) is 0 Å². The number of aryl methyl sites for hydroxylation is 6. The van der Waals surface area contributed by atoms with Crippen LogP contribution in [0.1, 0.15) is 76.5 Å². The van der Waals surface area contributed by atoms with Crippen LogP contribution < -0.4 is 0 Å². The predicted molar refractivity (Wildman–Crippen MR) is 221 cm³/mol. The summed E-state index contributed by atoms with van der Waals surface area (Å²) in [5.74, 6) is 0. The quantitative estimate of drug-likeness (QED) is 0.171. The van der Waals surface area contributed by atoms with Gasteiger partial charge < -0.3 is 0 Å². The highest BCUT2D eigenvalue weighted by Crippen LogP contribution is 2.67. The largest absolute Gasteiger partial charge is 0.140 e. The molecule has 51 heavy (non-hydrogen) atoms. The fourth-order valence-electron chi connectivity index (χ4n) is 9.23. The number of hydrogen-bond donors (Lipinski definition) is 0. The number of rotatable bonds is 4. The maximum atomic E-state index is 2.48. The molecule has 3 heterocycles. The summed E-state index contributed by atoms with van der Waals surface area (Å²) in [6.07, 6.45) is 0. The minimum atomic E-state index is -0.431. The first-order valence-electron chi connectivity index (χ1n) is 17.8. The van der Waals surface area contributed by atoms with Crippen LogP contribution in [-0.2, 0) is 10.8 Å². The van der Waals surface area contributed by atoms with E-state index < -0.39 is 10.8 Å². The molecule has 0 unspecified atom stereocenters. The number of benzene rings is 5. The molecule has 0 aliphatic heterocycles. The van der Waals surface area contributed by atoms with Gasteiger partial charge in [0.2, 0.25) is 0 Å². The Morgan fingerprint density at radius 3 is 1.22 bits per heavy atom. The van der Waals surface area contributed by atoms with Crippen molar-refractivity contribution in [3.05, 3.63) is 198 Å². The van der Waals surface area contributed by atoms with E-state index in [1.165, 1.54) is 107 Å². The molecule has 248 valence electrons. The summed E-state index contributed by atoms with van der Waals surface area (Å²) in [5.41, 5.74) is 16.8. The lowest BCUT2D eigenvalue weighted by molar-refractivity contribution is 0.772. The zero-order valence-electron chi connectivity index (χ0n) is 29.8. The van der Waals surface area contributed by atoms with E-state index in [0.29, 0.717) is 0 Å². The molecule has 0 saturated carbocycles. The SMILES string of the molecule is Cc1ccc(C2(c3ccc(C)cc3)c3cc(C)sc3-c3sc4c5c(ccc4c32)-c2sc(C)cc2C5(c2ccc(C)cc2)c2ccc(C)cc2)cc1. The third kappa shape index (κ3) is 4.11. The van der Waals surface area contributed by atoms with Crippen molar-refractivity contribution in [3.8, 4) is 20.2 Å². The van der Waals surface area contributed by atoms with Crippen molar-refractivity contribution in [1.82, 2.24) is 0 Å². The second kappa shape index (κ2) is 11.0. The van der Waals surface area contributed by atoms with Gasteiger partial charge in [-0.2, -0.15) is 0 Å². The first-order chi connectivity index (χ1) is 24.7. The Labute approximate surface area is 312 Å². The fraction of sp³-hybridized carbons (Fsp3) is 0.167. The normalized spacial score (nSPS) is 14.8. The molecule has 5 aromatic carbocycles. The van der Waals surface area contributed by atoms with E-state index in [4.69, 9.17) is 0 Å². The minimum absolute atomic E-state index is 0.417. The highest BCUT2D eigenvalue weighted by Gasteiger charge is 2.53. The first kappa shape index (κ1) is 31.2. The van der Waals surface area contributed by atoms with Crippen molar-refractivity contribution in [1.29, 1.82) is 0 Å². The lowest BCUT2D eigenvalue weighted by atomic mass is 9.66. The lowest BCUT2D eigenvalue weighted by Gasteiger charge is -2.35. The van der Waals surface area contributed by atoms with E-state index in [1.54, 1.807) is 0 Å². The Kier molecular flexibility index (Phi) is 6.72. The molecule has 10 rings (SSSR count). The van der Waals surface area contributed by atoms with Gasteiger partial charge in [0.05, 0.1) is 15.7 Å². The van der Waals surface area contributed by atoms with E-state index in [2.05, 4.69) is 163 Å². The Balaban J connectivity index is 1.39. The average Bonchev–Trinajstić information content (AvgIpc) is 3.91. The molecule has 0 spiro atoms. The molecule has 0 bridgehead atoms. The summed E-state index contributed by atoms with van der Waals surface area (Å²) in [7, 11) is 0. The molecule has 0 saturated heterocycles. The maximum Gasteiger partial charge on any atom is 0.0736 e. The smallest absolute Gasteiger partial charge is 0.0736 e. The van der Waals surface area contributed by atoms with Gasteiger partial charge in [0, 0.05) is 24.2 Å². The number of hydrogen-bond acceptors (Lipinski definition) is 3. The van der Waals surface area contributed by atoms with Crippen molar-refractivity contribution in [3.63, 3.8) is 0 Å². The van der Waals surface area contributed by atoms with Crippen LogP contribution in [0.4, 0.5) is 0 Å². The van der Waals surface area contributed by atoms with Gasteiger partial charge in [-0.3, -0.25) is 0 Å². The number of thiophene rings is 3. The summed E-state index contributed by atoms with van der Waals surface area (Å²) in [6.45, 7) is 13.3. The Morgan fingerprint density at radius 1 is 0.373 bits per heavy atom. The molecular weight excluding hydrogens is 673 g/mol. The van der Waals surface area contributed by atoms with Crippen molar-refractivity contribution >= 4 is 44.1 Å². The van der Waals surface area contributed by atoms with Gasteiger partial charge in [-0.15, -0.1) is 34.0 Å². The van der Waals surface area contributed by atoms with Crippen molar-refractivity contribution < 1.29 is 0 Å². The molecule has 0 N–H and O–H groups in total. The van der Waals surface area contributed by atoms with Crippen LogP contribution >= 0.6 is 34.0 Å². The standard InChI is InChI=1S/C48H38S3/c1-27-7-15-33(16-8-27)47(34-17-9-28(2)10-18-34)39-25-31(5)49-43(39)37-23-24-38-42-46(51-44(38)41(37)47)45-40(26-32(6)50-45)48(42,35-19-11-29(3)12-20-35)36-21-13-30(4)14-22-36/h7-26H,1-6H3. The van der Waals surface area contributed by atoms with E-state index in [-0.39, 0.29) is 0 Å². The van der Waals surface area contributed by atoms with Gasteiger partial charge in [-0.25, -0.2) is 0 Å². The fourth-order valence-corrected chi connectivity index (χ4v) is 13.0. The highest BCUT2D eigenvalue weighted by atomic mass is 32.1. The molecule has 2 aliphatic rings. The summed E-state index contributed by atoms with van der Waals surface area (Å²) in [4.78, 5) is 7.00. The molecule has 0 radical (unpaired) electrons. The van der Waals surface area contributed by atoms with Crippen LogP contribution in [0, 0.1) is 41.5 Å². The maximum absolute atomic E-state index is 2.48. The summed E-state index contributed by atoms with van der Waals surface area (Å²) in [5, 5.41) is 1.38. The predicted octanol–water partition coefficient (Wildman–Crippen LogP) is 13.6. The topological polar surface area (TPSA) is 0 Å². The Hall–Kier alpha value is -4.54.